The van der Waals surface area contributed by atoms with Crippen LogP contribution in [0.15, 0.2) is 24.3 Å². The largest absolute Gasteiger partial charge is 0.416 e. The average Bonchev–Trinajstić information content (AvgIpc) is 2.80. The minimum absolute atomic E-state index is 0.346. The minimum atomic E-state index is -4.39. The van der Waals surface area contributed by atoms with E-state index in [-0.39, 0.29) is 0 Å². The Hall–Kier alpha value is -1.54. The molecule has 3 unspecified atom stereocenters. The number of halogens is 3. The molecule has 0 spiro atoms. The van der Waals surface area contributed by atoms with Crippen LogP contribution < -0.4 is 0 Å². The van der Waals surface area contributed by atoms with Crippen LogP contribution in [0.25, 0.3) is 0 Å². The fourth-order valence-electron chi connectivity index (χ4n) is 2.91. The number of aliphatic hydroxyl groups is 1. The molecule has 1 aromatic carbocycles. The first-order valence-electron chi connectivity index (χ1n) is 6.55. The van der Waals surface area contributed by atoms with E-state index in [0.717, 1.165) is 18.6 Å². The minimum Gasteiger partial charge on any atom is -0.387 e. The maximum absolute atomic E-state index is 12.5. The van der Waals surface area contributed by atoms with Gasteiger partial charge in [0.15, 0.2) is 0 Å². The van der Waals surface area contributed by atoms with Crippen molar-refractivity contribution in [3.8, 4) is 6.07 Å². The molecular formula is C15H16F3NO. The maximum atomic E-state index is 12.5. The molecule has 1 fully saturated rings. The van der Waals surface area contributed by atoms with Gasteiger partial charge >= 0.3 is 6.18 Å². The van der Waals surface area contributed by atoms with Gasteiger partial charge in [-0.1, -0.05) is 19.1 Å². The highest BCUT2D eigenvalue weighted by Gasteiger charge is 2.44. The van der Waals surface area contributed by atoms with Gasteiger partial charge < -0.3 is 5.11 Å². The lowest BCUT2D eigenvalue weighted by Crippen LogP contribution is -2.24. The highest BCUT2D eigenvalue weighted by Crippen LogP contribution is 2.49. The zero-order valence-electron chi connectivity index (χ0n) is 11.1. The van der Waals surface area contributed by atoms with E-state index >= 15 is 0 Å². The summed E-state index contributed by atoms with van der Waals surface area (Å²) in [7, 11) is 0. The molecule has 0 aromatic heterocycles. The number of hydrogen-bond donors (Lipinski definition) is 1. The topological polar surface area (TPSA) is 44.0 Å². The van der Waals surface area contributed by atoms with E-state index in [1.807, 2.05) is 6.92 Å². The Morgan fingerprint density at radius 3 is 2.35 bits per heavy atom. The van der Waals surface area contributed by atoms with Crippen molar-refractivity contribution >= 4 is 0 Å². The summed E-state index contributed by atoms with van der Waals surface area (Å²) in [5.41, 5.74) is -1.26. The van der Waals surface area contributed by atoms with Crippen LogP contribution in [-0.2, 0) is 6.18 Å². The molecule has 3 atom stereocenters. The molecule has 2 nitrogen and oxygen atoms in total. The van der Waals surface area contributed by atoms with Crippen LogP contribution in [0.2, 0.25) is 0 Å². The van der Waals surface area contributed by atoms with Crippen molar-refractivity contribution in [2.45, 2.75) is 38.5 Å². The predicted octanol–water partition coefficient (Wildman–Crippen LogP) is 4.07. The summed E-state index contributed by atoms with van der Waals surface area (Å²) in [6, 6.07) is 6.59. The molecule has 1 aromatic rings. The zero-order valence-corrected chi connectivity index (χ0v) is 11.1. The van der Waals surface area contributed by atoms with Gasteiger partial charge in [-0.25, -0.2) is 0 Å². The molecule has 0 amide bonds. The summed E-state index contributed by atoms with van der Waals surface area (Å²) in [5, 5.41) is 19.7. The summed E-state index contributed by atoms with van der Waals surface area (Å²) in [4.78, 5) is 0. The first kappa shape index (κ1) is 14.9. The Bertz CT molecular complexity index is 517. The van der Waals surface area contributed by atoms with E-state index < -0.39 is 23.3 Å². The number of aliphatic hydroxyl groups excluding tert-OH is 1. The van der Waals surface area contributed by atoms with Gasteiger partial charge in [-0.15, -0.1) is 0 Å². The van der Waals surface area contributed by atoms with E-state index in [2.05, 4.69) is 6.07 Å². The van der Waals surface area contributed by atoms with Crippen molar-refractivity contribution < 1.29 is 18.3 Å². The highest BCUT2D eigenvalue weighted by atomic mass is 19.4. The second kappa shape index (κ2) is 5.10. The third-order valence-electron chi connectivity index (χ3n) is 4.10. The number of benzene rings is 1. The number of alkyl halides is 3. The molecule has 1 aliphatic rings. The fraction of sp³-hybridized carbons (Fsp3) is 0.533. The predicted molar refractivity (Wildman–Crippen MR) is 67.5 cm³/mol. The molecule has 108 valence electrons. The third kappa shape index (κ3) is 2.66. The van der Waals surface area contributed by atoms with Crippen molar-refractivity contribution in [1.82, 2.24) is 0 Å². The lowest BCUT2D eigenvalue weighted by atomic mass is 9.78. The SMILES string of the molecule is CC1CCC(C#N)(C(O)c2ccc(C(F)(F)F)cc2)C1. The van der Waals surface area contributed by atoms with Crippen LogP contribution in [0.4, 0.5) is 13.2 Å². The summed E-state index contributed by atoms with van der Waals surface area (Å²) in [6.07, 6.45) is -3.43. The number of nitriles is 1. The molecule has 2 rings (SSSR count). The lowest BCUT2D eigenvalue weighted by Gasteiger charge is -2.27. The molecule has 1 saturated carbocycles. The molecule has 0 aliphatic heterocycles. The monoisotopic (exact) mass is 283 g/mol. The van der Waals surface area contributed by atoms with Gasteiger partial charge in [0.2, 0.25) is 0 Å². The van der Waals surface area contributed by atoms with Crippen molar-refractivity contribution in [2.75, 3.05) is 0 Å². The fourth-order valence-corrected chi connectivity index (χ4v) is 2.91. The first-order valence-corrected chi connectivity index (χ1v) is 6.55. The van der Waals surface area contributed by atoms with Gasteiger partial charge in [-0.3, -0.25) is 0 Å². The van der Waals surface area contributed by atoms with E-state index in [0.29, 0.717) is 24.3 Å². The molecule has 0 bridgehead atoms. The Morgan fingerprint density at radius 1 is 1.35 bits per heavy atom. The van der Waals surface area contributed by atoms with Crippen LogP contribution in [0.1, 0.15) is 43.4 Å². The smallest absolute Gasteiger partial charge is 0.387 e. The van der Waals surface area contributed by atoms with Crippen molar-refractivity contribution in [3.05, 3.63) is 35.4 Å². The van der Waals surface area contributed by atoms with Gasteiger partial charge in [0.1, 0.15) is 0 Å². The summed E-state index contributed by atoms with van der Waals surface area (Å²) >= 11 is 0. The van der Waals surface area contributed by atoms with E-state index in [9.17, 15) is 23.5 Å². The third-order valence-corrected chi connectivity index (χ3v) is 4.10. The molecule has 0 heterocycles. The lowest BCUT2D eigenvalue weighted by molar-refractivity contribution is -0.137. The second-order valence-electron chi connectivity index (χ2n) is 5.64. The number of rotatable bonds is 2. The van der Waals surface area contributed by atoms with Crippen molar-refractivity contribution in [1.29, 1.82) is 5.26 Å². The van der Waals surface area contributed by atoms with Gasteiger partial charge in [-0.05, 0) is 42.9 Å². The second-order valence-corrected chi connectivity index (χ2v) is 5.64. The Morgan fingerprint density at radius 2 is 1.95 bits per heavy atom. The molecule has 20 heavy (non-hydrogen) atoms. The van der Waals surface area contributed by atoms with Gasteiger partial charge in [0.25, 0.3) is 0 Å². The average molecular weight is 283 g/mol. The summed E-state index contributed by atoms with van der Waals surface area (Å²) in [6.45, 7) is 2.01. The van der Waals surface area contributed by atoms with Crippen LogP contribution in [-0.4, -0.2) is 5.11 Å². The molecule has 5 heteroatoms. The highest BCUT2D eigenvalue weighted by molar-refractivity contribution is 5.29. The summed E-state index contributed by atoms with van der Waals surface area (Å²) < 4.78 is 37.5. The van der Waals surface area contributed by atoms with Crippen LogP contribution >= 0.6 is 0 Å². The van der Waals surface area contributed by atoms with E-state index in [1.165, 1.54) is 12.1 Å². The van der Waals surface area contributed by atoms with Gasteiger partial charge in [0, 0.05) is 0 Å². The Kier molecular flexibility index (Phi) is 3.79. The standard InChI is InChI=1S/C15H16F3NO/c1-10-6-7-14(8-10,9-19)13(20)11-2-4-12(5-3-11)15(16,17)18/h2-5,10,13,20H,6-8H2,1H3. The quantitative estimate of drug-likeness (QED) is 0.889. The van der Waals surface area contributed by atoms with Crippen molar-refractivity contribution in [2.24, 2.45) is 11.3 Å². The van der Waals surface area contributed by atoms with Gasteiger partial charge in [-0.2, -0.15) is 18.4 Å². The molecular weight excluding hydrogens is 267 g/mol. The van der Waals surface area contributed by atoms with Crippen molar-refractivity contribution in [3.63, 3.8) is 0 Å². The van der Waals surface area contributed by atoms with Gasteiger partial charge in [0.05, 0.1) is 23.2 Å². The molecule has 0 radical (unpaired) electrons. The molecule has 0 saturated heterocycles. The van der Waals surface area contributed by atoms with Crippen LogP contribution in [0, 0.1) is 22.7 Å². The molecule has 1 N–H and O–H groups in total. The molecule has 1 aliphatic carbocycles. The Balaban J connectivity index is 2.25. The number of nitrogens with zero attached hydrogens (tertiary/aromatic N) is 1. The van der Waals surface area contributed by atoms with Crippen LogP contribution in [0.5, 0.6) is 0 Å². The number of hydrogen-bond acceptors (Lipinski definition) is 2. The van der Waals surface area contributed by atoms with Crippen LogP contribution in [0.3, 0.4) is 0 Å². The maximum Gasteiger partial charge on any atom is 0.416 e. The summed E-state index contributed by atoms with van der Waals surface area (Å²) in [5.74, 6) is 0.346. The zero-order chi connectivity index (χ0) is 15.0. The first-order chi connectivity index (χ1) is 9.28. The van der Waals surface area contributed by atoms with E-state index in [1.54, 1.807) is 0 Å². The normalized spacial score (nSPS) is 28.1. The Labute approximate surface area is 115 Å². The van der Waals surface area contributed by atoms with E-state index in [4.69, 9.17) is 0 Å².